The summed E-state index contributed by atoms with van der Waals surface area (Å²) < 4.78 is 14.0. The van der Waals surface area contributed by atoms with Crippen LogP contribution >= 0.6 is 0 Å². The van der Waals surface area contributed by atoms with Crippen molar-refractivity contribution in [2.75, 3.05) is 31.1 Å². The maximum atomic E-state index is 14.0. The summed E-state index contributed by atoms with van der Waals surface area (Å²) in [6.07, 6.45) is 0. The van der Waals surface area contributed by atoms with Gasteiger partial charge in [-0.15, -0.1) is 0 Å². The molecule has 19 heavy (non-hydrogen) atoms. The summed E-state index contributed by atoms with van der Waals surface area (Å²) in [6.45, 7) is 9.37. The fraction of sp³-hybridized carbons (Fsp3) is 0.533. The monoisotopic (exact) mass is 264 g/mol. The first kappa shape index (κ1) is 14.0. The van der Waals surface area contributed by atoms with Crippen molar-refractivity contribution in [3.8, 4) is 0 Å². The van der Waals surface area contributed by atoms with Gasteiger partial charge in [-0.3, -0.25) is 9.69 Å². The summed E-state index contributed by atoms with van der Waals surface area (Å²) in [4.78, 5) is 15.7. The lowest BCUT2D eigenvalue weighted by Crippen LogP contribution is -2.49. The number of rotatable bonds is 3. The van der Waals surface area contributed by atoms with Gasteiger partial charge in [0.1, 0.15) is 5.82 Å². The van der Waals surface area contributed by atoms with E-state index in [1.807, 2.05) is 0 Å². The van der Waals surface area contributed by atoms with Gasteiger partial charge in [-0.05, 0) is 39.0 Å². The quantitative estimate of drug-likeness (QED) is 0.784. The maximum absolute atomic E-state index is 14.0. The van der Waals surface area contributed by atoms with Gasteiger partial charge in [0.05, 0.1) is 5.69 Å². The molecule has 0 spiro atoms. The van der Waals surface area contributed by atoms with Gasteiger partial charge >= 0.3 is 0 Å². The van der Waals surface area contributed by atoms with Gasteiger partial charge in [-0.25, -0.2) is 4.39 Å². The molecular formula is C15H21FN2O. The summed E-state index contributed by atoms with van der Waals surface area (Å²) >= 11 is 0. The van der Waals surface area contributed by atoms with Crippen LogP contribution < -0.4 is 4.90 Å². The molecule has 1 aromatic carbocycles. The lowest BCUT2D eigenvalue weighted by Gasteiger charge is -2.38. The van der Waals surface area contributed by atoms with Crippen LogP contribution in [0.15, 0.2) is 18.2 Å². The summed E-state index contributed by atoms with van der Waals surface area (Å²) in [6, 6.07) is 5.30. The fourth-order valence-corrected chi connectivity index (χ4v) is 2.46. The zero-order valence-corrected chi connectivity index (χ0v) is 11.8. The van der Waals surface area contributed by atoms with E-state index in [9.17, 15) is 9.18 Å². The highest BCUT2D eigenvalue weighted by Crippen LogP contribution is 2.22. The van der Waals surface area contributed by atoms with Crippen molar-refractivity contribution >= 4 is 11.5 Å². The molecule has 0 radical (unpaired) electrons. The molecule has 1 aliphatic rings. The number of Topliss-reactive ketones (excluding diaryl/α,β-unsaturated/α-hetero) is 1. The van der Waals surface area contributed by atoms with Crippen molar-refractivity contribution < 1.29 is 9.18 Å². The molecule has 0 unspecified atom stereocenters. The van der Waals surface area contributed by atoms with Crippen LogP contribution in [0.25, 0.3) is 0 Å². The van der Waals surface area contributed by atoms with Crippen LogP contribution in [0.1, 0.15) is 31.1 Å². The number of carbonyl (C=O) groups is 1. The molecule has 4 heteroatoms. The van der Waals surface area contributed by atoms with E-state index < -0.39 is 0 Å². The minimum atomic E-state index is -0.300. The minimum absolute atomic E-state index is 0.102. The lowest BCUT2D eigenvalue weighted by molar-refractivity contribution is 0.101. The van der Waals surface area contributed by atoms with Crippen molar-refractivity contribution in [2.45, 2.75) is 26.8 Å². The Morgan fingerprint density at radius 2 is 1.84 bits per heavy atom. The molecule has 0 atom stereocenters. The Morgan fingerprint density at radius 3 is 2.32 bits per heavy atom. The third-order valence-corrected chi connectivity index (χ3v) is 3.74. The van der Waals surface area contributed by atoms with Crippen LogP contribution in [0.5, 0.6) is 0 Å². The fourth-order valence-electron chi connectivity index (χ4n) is 2.46. The summed E-state index contributed by atoms with van der Waals surface area (Å²) in [5.41, 5.74) is 1.04. The van der Waals surface area contributed by atoms with E-state index in [-0.39, 0.29) is 11.6 Å². The molecule has 0 amide bonds. The van der Waals surface area contributed by atoms with E-state index in [1.165, 1.54) is 13.0 Å². The Kier molecular flexibility index (Phi) is 4.20. The van der Waals surface area contributed by atoms with E-state index in [0.717, 1.165) is 26.2 Å². The van der Waals surface area contributed by atoms with Crippen LogP contribution in [0, 0.1) is 5.82 Å². The van der Waals surface area contributed by atoms with Gasteiger partial charge in [0, 0.05) is 37.8 Å². The molecule has 1 aromatic rings. The van der Waals surface area contributed by atoms with Crippen molar-refractivity contribution in [3.05, 3.63) is 29.6 Å². The van der Waals surface area contributed by atoms with Crippen LogP contribution in [0.2, 0.25) is 0 Å². The van der Waals surface area contributed by atoms with E-state index in [1.54, 1.807) is 12.1 Å². The third kappa shape index (κ3) is 3.13. The number of benzene rings is 1. The van der Waals surface area contributed by atoms with E-state index in [2.05, 4.69) is 23.6 Å². The highest BCUT2D eigenvalue weighted by Gasteiger charge is 2.21. The zero-order valence-electron chi connectivity index (χ0n) is 11.8. The number of halogens is 1. The molecule has 0 aliphatic carbocycles. The highest BCUT2D eigenvalue weighted by atomic mass is 19.1. The molecule has 0 aromatic heterocycles. The van der Waals surface area contributed by atoms with E-state index >= 15 is 0 Å². The third-order valence-electron chi connectivity index (χ3n) is 3.74. The average Bonchev–Trinajstić information content (AvgIpc) is 2.38. The highest BCUT2D eigenvalue weighted by molar-refractivity contribution is 5.94. The minimum Gasteiger partial charge on any atom is -0.367 e. The molecule has 2 rings (SSSR count). The first-order valence-electron chi connectivity index (χ1n) is 6.78. The van der Waals surface area contributed by atoms with Crippen LogP contribution in [-0.4, -0.2) is 42.9 Å². The second-order valence-electron chi connectivity index (χ2n) is 5.34. The first-order valence-corrected chi connectivity index (χ1v) is 6.78. The van der Waals surface area contributed by atoms with Crippen LogP contribution in [-0.2, 0) is 0 Å². The molecule has 1 heterocycles. The topological polar surface area (TPSA) is 23.6 Å². The standard InChI is InChI=1S/C15H21FN2O/c1-11(2)17-6-8-18(9-7-17)15-5-4-13(12(3)19)10-14(15)16/h4-5,10-11H,6-9H2,1-3H3. The number of anilines is 1. The first-order chi connectivity index (χ1) is 8.99. The average molecular weight is 264 g/mol. The zero-order chi connectivity index (χ0) is 14.0. The largest absolute Gasteiger partial charge is 0.367 e. The van der Waals surface area contributed by atoms with Crippen molar-refractivity contribution in [1.29, 1.82) is 0 Å². The number of piperazine rings is 1. The van der Waals surface area contributed by atoms with Crippen LogP contribution in [0.4, 0.5) is 10.1 Å². The Balaban J connectivity index is 2.09. The van der Waals surface area contributed by atoms with Gasteiger partial charge in [-0.1, -0.05) is 0 Å². The van der Waals surface area contributed by atoms with Gasteiger partial charge in [0.15, 0.2) is 5.78 Å². The molecular weight excluding hydrogens is 243 g/mol. The number of hydrogen-bond donors (Lipinski definition) is 0. The summed E-state index contributed by atoms with van der Waals surface area (Å²) in [7, 11) is 0. The Morgan fingerprint density at radius 1 is 1.21 bits per heavy atom. The van der Waals surface area contributed by atoms with Crippen LogP contribution in [0.3, 0.4) is 0 Å². The molecule has 0 bridgehead atoms. The van der Waals surface area contributed by atoms with Gasteiger partial charge < -0.3 is 4.90 Å². The molecule has 1 fully saturated rings. The lowest BCUT2D eigenvalue weighted by atomic mass is 10.1. The van der Waals surface area contributed by atoms with Gasteiger partial charge in [0.25, 0.3) is 0 Å². The number of carbonyl (C=O) groups excluding carboxylic acids is 1. The molecule has 104 valence electrons. The maximum Gasteiger partial charge on any atom is 0.159 e. The Hall–Kier alpha value is -1.42. The van der Waals surface area contributed by atoms with Crippen molar-refractivity contribution in [2.24, 2.45) is 0 Å². The number of ketones is 1. The molecule has 1 saturated heterocycles. The molecule has 1 aliphatic heterocycles. The molecule has 0 saturated carbocycles. The van der Waals surface area contributed by atoms with E-state index in [4.69, 9.17) is 0 Å². The Bertz CT molecular complexity index is 465. The summed E-state index contributed by atoms with van der Waals surface area (Å²) in [5.74, 6) is -0.402. The predicted molar refractivity (Wildman–Crippen MR) is 75.3 cm³/mol. The SMILES string of the molecule is CC(=O)c1ccc(N2CCN(C(C)C)CC2)c(F)c1. The number of hydrogen-bond acceptors (Lipinski definition) is 3. The van der Waals surface area contributed by atoms with Gasteiger partial charge in [0.2, 0.25) is 0 Å². The van der Waals surface area contributed by atoms with E-state index in [0.29, 0.717) is 17.3 Å². The second-order valence-corrected chi connectivity index (χ2v) is 5.34. The molecule has 3 nitrogen and oxygen atoms in total. The van der Waals surface area contributed by atoms with Crippen molar-refractivity contribution in [3.63, 3.8) is 0 Å². The molecule has 0 N–H and O–H groups in total. The summed E-state index contributed by atoms with van der Waals surface area (Å²) in [5, 5.41) is 0. The van der Waals surface area contributed by atoms with Gasteiger partial charge in [-0.2, -0.15) is 0 Å². The normalized spacial score (nSPS) is 17.0. The Labute approximate surface area is 114 Å². The smallest absolute Gasteiger partial charge is 0.159 e. The number of nitrogens with zero attached hydrogens (tertiary/aromatic N) is 2. The second kappa shape index (κ2) is 5.70. The predicted octanol–water partition coefficient (Wildman–Crippen LogP) is 2.56. The van der Waals surface area contributed by atoms with Crippen molar-refractivity contribution in [1.82, 2.24) is 4.90 Å².